The quantitative estimate of drug-likeness (QED) is 0.545. The van der Waals surface area contributed by atoms with E-state index < -0.39 is 0 Å². The molecule has 0 aliphatic rings. The molecule has 0 N–H and O–H groups in total. The fourth-order valence-corrected chi connectivity index (χ4v) is 0.687. The Morgan fingerprint density at radius 2 is 1.00 bits per heavy atom. The van der Waals surface area contributed by atoms with Gasteiger partial charge in [-0.25, -0.2) is 0 Å². The number of hydrogen-bond acceptors (Lipinski definition) is 0. The van der Waals surface area contributed by atoms with Crippen molar-refractivity contribution in [2.75, 3.05) is 0 Å². The second-order valence-electron chi connectivity index (χ2n) is 5.02. The van der Waals surface area contributed by atoms with Crippen molar-refractivity contribution in [2.45, 2.75) is 54.4 Å². The third kappa shape index (κ3) is 4.58. The summed E-state index contributed by atoms with van der Waals surface area (Å²) in [5, 5.41) is 0. The van der Waals surface area contributed by atoms with Crippen LogP contribution in [0.25, 0.3) is 0 Å². The highest BCUT2D eigenvalue weighted by molar-refractivity contribution is 5.00. The molecule has 0 unspecified atom stereocenters. The lowest BCUT2D eigenvalue weighted by Gasteiger charge is -2.22. The fraction of sp³-hybridized carbons (Fsp3) is 0.833. The van der Waals surface area contributed by atoms with Gasteiger partial charge < -0.3 is 0 Å². The van der Waals surface area contributed by atoms with Crippen molar-refractivity contribution in [3.8, 4) is 0 Å². The smallest absolute Gasteiger partial charge is 0.0177 e. The Hall–Kier alpha value is -0.260. The van der Waals surface area contributed by atoms with Crippen LogP contribution in [0.2, 0.25) is 0 Å². The summed E-state index contributed by atoms with van der Waals surface area (Å²) >= 11 is 0. The third-order valence-corrected chi connectivity index (χ3v) is 2.81. The van der Waals surface area contributed by atoms with E-state index in [4.69, 9.17) is 0 Å². The van der Waals surface area contributed by atoms with E-state index in [1.807, 2.05) is 0 Å². The minimum absolute atomic E-state index is 0.367. The molecular formula is C12H24. The molecule has 0 aromatic carbocycles. The van der Waals surface area contributed by atoms with Crippen molar-refractivity contribution in [3.63, 3.8) is 0 Å². The van der Waals surface area contributed by atoms with Gasteiger partial charge in [0.1, 0.15) is 0 Å². The first-order valence-electron chi connectivity index (χ1n) is 5.03. The van der Waals surface area contributed by atoms with Gasteiger partial charge in [-0.05, 0) is 23.7 Å². The van der Waals surface area contributed by atoms with E-state index in [-0.39, 0.29) is 0 Å². The Morgan fingerprint density at radius 3 is 1.17 bits per heavy atom. The van der Waals surface area contributed by atoms with Crippen molar-refractivity contribution in [2.24, 2.45) is 10.8 Å². The minimum atomic E-state index is 0.367. The minimum Gasteiger partial charge on any atom is -0.0823 e. The second-order valence-corrected chi connectivity index (χ2v) is 5.02. The van der Waals surface area contributed by atoms with E-state index in [1.165, 1.54) is 12.8 Å². The molecule has 0 nitrogen and oxygen atoms in total. The SMILES string of the molecule is CCC(C)(C)/C=C/C(C)(C)CC. The molecule has 0 aliphatic carbocycles. The summed E-state index contributed by atoms with van der Waals surface area (Å²) in [6, 6.07) is 0. The van der Waals surface area contributed by atoms with E-state index in [1.54, 1.807) is 0 Å². The third-order valence-electron chi connectivity index (χ3n) is 2.81. The largest absolute Gasteiger partial charge is 0.0823 e. The summed E-state index contributed by atoms with van der Waals surface area (Å²) in [5.74, 6) is 0. The molecule has 0 aromatic rings. The van der Waals surface area contributed by atoms with E-state index in [2.05, 4.69) is 53.7 Å². The van der Waals surface area contributed by atoms with Crippen LogP contribution in [0, 0.1) is 10.8 Å². The average Bonchev–Trinajstić information content (AvgIpc) is 2.02. The zero-order chi connectivity index (χ0) is 9.83. The predicted molar refractivity (Wildman–Crippen MR) is 57.3 cm³/mol. The lowest BCUT2D eigenvalue weighted by atomic mass is 9.83. The van der Waals surface area contributed by atoms with Gasteiger partial charge in [0.15, 0.2) is 0 Å². The normalized spacial score (nSPS) is 14.2. The molecule has 0 heterocycles. The monoisotopic (exact) mass is 168 g/mol. The van der Waals surface area contributed by atoms with Gasteiger partial charge in [-0.1, -0.05) is 53.7 Å². The van der Waals surface area contributed by atoms with Gasteiger partial charge >= 0.3 is 0 Å². The maximum Gasteiger partial charge on any atom is -0.0177 e. The van der Waals surface area contributed by atoms with Crippen molar-refractivity contribution in [3.05, 3.63) is 12.2 Å². The van der Waals surface area contributed by atoms with E-state index in [0.29, 0.717) is 10.8 Å². The molecule has 12 heavy (non-hydrogen) atoms. The van der Waals surface area contributed by atoms with Crippen molar-refractivity contribution >= 4 is 0 Å². The van der Waals surface area contributed by atoms with Crippen molar-refractivity contribution in [1.29, 1.82) is 0 Å². The van der Waals surface area contributed by atoms with Gasteiger partial charge in [0.25, 0.3) is 0 Å². The van der Waals surface area contributed by atoms with Crippen LogP contribution in [0.15, 0.2) is 12.2 Å². The molecule has 0 aliphatic heterocycles. The number of allylic oxidation sites excluding steroid dienone is 2. The van der Waals surface area contributed by atoms with E-state index >= 15 is 0 Å². The first kappa shape index (κ1) is 11.7. The second kappa shape index (κ2) is 4.11. The van der Waals surface area contributed by atoms with Crippen molar-refractivity contribution in [1.82, 2.24) is 0 Å². The van der Waals surface area contributed by atoms with Crippen LogP contribution in [0.1, 0.15) is 54.4 Å². The maximum atomic E-state index is 2.36. The van der Waals surface area contributed by atoms with Crippen LogP contribution in [-0.2, 0) is 0 Å². The molecule has 0 radical (unpaired) electrons. The maximum absolute atomic E-state index is 2.36. The average molecular weight is 168 g/mol. The Kier molecular flexibility index (Phi) is 4.02. The van der Waals surface area contributed by atoms with Gasteiger partial charge in [-0.3, -0.25) is 0 Å². The Labute approximate surface area is 78.1 Å². The Bertz CT molecular complexity index is 131. The van der Waals surface area contributed by atoms with Crippen LogP contribution in [-0.4, -0.2) is 0 Å². The molecule has 0 bridgehead atoms. The summed E-state index contributed by atoms with van der Waals surface area (Å²) in [5.41, 5.74) is 0.735. The molecule has 0 rings (SSSR count). The van der Waals surface area contributed by atoms with Crippen LogP contribution < -0.4 is 0 Å². The summed E-state index contributed by atoms with van der Waals surface area (Å²) in [4.78, 5) is 0. The molecule has 0 atom stereocenters. The molecule has 0 saturated carbocycles. The molecular weight excluding hydrogens is 144 g/mol. The molecule has 0 saturated heterocycles. The molecule has 0 fully saturated rings. The van der Waals surface area contributed by atoms with Gasteiger partial charge in [0.2, 0.25) is 0 Å². The van der Waals surface area contributed by atoms with Gasteiger partial charge in [-0.15, -0.1) is 0 Å². The number of rotatable bonds is 4. The molecule has 0 aromatic heterocycles. The van der Waals surface area contributed by atoms with E-state index in [0.717, 1.165) is 0 Å². The van der Waals surface area contributed by atoms with Crippen LogP contribution in [0.5, 0.6) is 0 Å². The zero-order valence-electron chi connectivity index (χ0n) is 9.57. The van der Waals surface area contributed by atoms with Gasteiger partial charge in [-0.2, -0.15) is 0 Å². The molecule has 0 amide bonds. The van der Waals surface area contributed by atoms with Crippen LogP contribution >= 0.6 is 0 Å². The highest BCUT2D eigenvalue weighted by Crippen LogP contribution is 2.27. The highest BCUT2D eigenvalue weighted by atomic mass is 14.2. The van der Waals surface area contributed by atoms with Crippen molar-refractivity contribution < 1.29 is 0 Å². The molecule has 0 spiro atoms. The lowest BCUT2D eigenvalue weighted by molar-refractivity contribution is 0.426. The molecule has 0 heteroatoms. The first-order valence-corrected chi connectivity index (χ1v) is 5.03. The summed E-state index contributed by atoms with van der Waals surface area (Å²) in [7, 11) is 0. The Balaban J connectivity index is 4.23. The van der Waals surface area contributed by atoms with Gasteiger partial charge in [0.05, 0.1) is 0 Å². The Morgan fingerprint density at radius 1 is 0.750 bits per heavy atom. The van der Waals surface area contributed by atoms with Crippen LogP contribution in [0.4, 0.5) is 0 Å². The van der Waals surface area contributed by atoms with Gasteiger partial charge in [0, 0.05) is 0 Å². The standard InChI is InChI=1S/C12H24/c1-7-11(3,4)9-10-12(5,6)8-2/h9-10H,7-8H2,1-6H3/b10-9+. The number of hydrogen-bond donors (Lipinski definition) is 0. The highest BCUT2D eigenvalue weighted by Gasteiger charge is 2.14. The summed E-state index contributed by atoms with van der Waals surface area (Å²) in [6.45, 7) is 13.6. The van der Waals surface area contributed by atoms with E-state index in [9.17, 15) is 0 Å². The summed E-state index contributed by atoms with van der Waals surface area (Å²) in [6.07, 6.45) is 7.14. The summed E-state index contributed by atoms with van der Waals surface area (Å²) < 4.78 is 0. The topological polar surface area (TPSA) is 0 Å². The molecule has 72 valence electrons. The lowest BCUT2D eigenvalue weighted by Crippen LogP contribution is -2.10. The zero-order valence-corrected chi connectivity index (χ0v) is 9.57. The predicted octanol–water partition coefficient (Wildman–Crippen LogP) is 4.42. The fourth-order valence-electron chi connectivity index (χ4n) is 0.687. The van der Waals surface area contributed by atoms with Crippen LogP contribution in [0.3, 0.4) is 0 Å². The first-order chi connectivity index (χ1) is 5.33.